The van der Waals surface area contributed by atoms with Crippen LogP contribution >= 0.6 is 0 Å². The summed E-state index contributed by atoms with van der Waals surface area (Å²) in [4.78, 5) is 88.1. The second kappa shape index (κ2) is 25.8. The first-order valence-electron chi connectivity index (χ1n) is 27.4. The molecule has 0 saturated carbocycles. The van der Waals surface area contributed by atoms with Crippen LogP contribution in [0.2, 0.25) is 0 Å². The summed E-state index contributed by atoms with van der Waals surface area (Å²) >= 11 is 0. The third-order valence-corrected chi connectivity index (χ3v) is 14.7. The zero-order chi connectivity index (χ0) is 54.7. The minimum absolute atomic E-state index is 0.215. The highest BCUT2D eigenvalue weighted by molar-refractivity contribution is 6.19. The number of nitrogens with zero attached hydrogens (tertiary/aromatic N) is 4. The molecule has 2 heterocycles. The van der Waals surface area contributed by atoms with Crippen LogP contribution in [0.1, 0.15) is 204 Å². The van der Waals surface area contributed by atoms with Gasteiger partial charge in [-0.1, -0.05) is 193 Å². The summed E-state index contributed by atoms with van der Waals surface area (Å²) in [6, 6.07) is 26.7. The Kier molecular flexibility index (Phi) is 20.4. The van der Waals surface area contributed by atoms with E-state index in [0.717, 1.165) is 88.2 Å². The molecule has 6 rings (SSSR count). The van der Waals surface area contributed by atoms with E-state index < -0.39 is 23.1 Å². The Hall–Kier alpha value is -6.30. The van der Waals surface area contributed by atoms with E-state index in [-0.39, 0.29) is 60.4 Å². The highest BCUT2D eigenvalue weighted by atomic mass is 16.2. The normalized spacial score (nSPS) is 15.3. The number of carbonyl (C=O) groups excluding carboxylic acids is 6. The minimum atomic E-state index is -0.977. The van der Waals surface area contributed by atoms with Crippen molar-refractivity contribution in [3.05, 3.63) is 118 Å². The molecule has 0 bridgehead atoms. The van der Waals surface area contributed by atoms with Crippen LogP contribution in [0.4, 0.5) is 32.3 Å². The van der Waals surface area contributed by atoms with Gasteiger partial charge in [0.15, 0.2) is 0 Å². The van der Waals surface area contributed by atoms with E-state index in [1.165, 1.54) is 4.90 Å². The number of unbranched alkanes of at least 4 members (excludes halogenated alkanes) is 2. The number of hydrogen-bond acceptors (Lipinski definition) is 6. The van der Waals surface area contributed by atoms with Crippen LogP contribution in [0.5, 0.6) is 0 Å². The van der Waals surface area contributed by atoms with E-state index in [9.17, 15) is 28.8 Å². The lowest BCUT2D eigenvalue weighted by molar-refractivity contribution is -0.134. The van der Waals surface area contributed by atoms with Crippen LogP contribution in [-0.4, -0.2) is 69.7 Å². The zero-order valence-corrected chi connectivity index (χ0v) is 47.1. The van der Waals surface area contributed by atoms with Crippen molar-refractivity contribution in [1.29, 1.82) is 0 Å². The van der Waals surface area contributed by atoms with Crippen LogP contribution < -0.4 is 20.4 Å². The molecule has 2 fully saturated rings. The number of imide groups is 2. The molecule has 0 radical (unpaired) electrons. The number of amides is 8. The van der Waals surface area contributed by atoms with Crippen molar-refractivity contribution in [3.8, 4) is 0 Å². The molecule has 0 atom stereocenters. The van der Waals surface area contributed by atoms with E-state index >= 15 is 0 Å². The number of benzene rings is 4. The standard InChI is InChI=1S/C32H45N3O3.C30H41N3O3/c1-8-10-19-32(20-11-9-2)30(37)34(31(38)35(32)25-17-15-24(7)16-18-25)21-28(36)33-29-26(22(3)4)13-12-14-27(29)23(5)6;1-8-17-30(18-9-2)28(35)32(29(36)33(30)23-15-13-22(7)14-16-23)19-26(34)31-27-24(20(3)4)11-10-12-25(27)21(5)6/h12-18,22-23H,8-11,19-21H2,1-7H3,(H,33,36);10-16,20-21H,8-9,17-19H2,1-7H3,(H,31,34). The highest BCUT2D eigenvalue weighted by Crippen LogP contribution is 2.43. The van der Waals surface area contributed by atoms with Gasteiger partial charge in [0.1, 0.15) is 24.2 Å². The fourth-order valence-corrected chi connectivity index (χ4v) is 10.8. The van der Waals surface area contributed by atoms with Crippen molar-refractivity contribution in [2.45, 2.75) is 196 Å². The van der Waals surface area contributed by atoms with Gasteiger partial charge in [-0.3, -0.25) is 38.8 Å². The molecule has 0 spiro atoms. The molecule has 400 valence electrons. The molecular formula is C62H86N6O6. The summed E-state index contributed by atoms with van der Waals surface area (Å²) in [5.41, 5.74) is 7.36. The summed E-state index contributed by atoms with van der Waals surface area (Å²) in [6.45, 7) is 28.3. The van der Waals surface area contributed by atoms with Gasteiger partial charge in [0.25, 0.3) is 11.8 Å². The van der Waals surface area contributed by atoms with Gasteiger partial charge in [-0.25, -0.2) is 9.59 Å². The average molecular weight is 1010 g/mol. The topological polar surface area (TPSA) is 139 Å². The lowest BCUT2D eigenvalue weighted by Crippen LogP contribution is -2.50. The van der Waals surface area contributed by atoms with Crippen LogP contribution in [0.15, 0.2) is 84.9 Å². The maximum Gasteiger partial charge on any atom is 0.332 e. The molecule has 12 heteroatoms. The second-order valence-corrected chi connectivity index (χ2v) is 21.8. The number of rotatable bonds is 22. The summed E-state index contributed by atoms with van der Waals surface area (Å²) < 4.78 is 0. The maximum atomic E-state index is 14.1. The van der Waals surface area contributed by atoms with E-state index in [2.05, 4.69) is 79.9 Å². The van der Waals surface area contributed by atoms with Crippen LogP contribution in [0, 0.1) is 13.8 Å². The predicted octanol–water partition coefficient (Wildman–Crippen LogP) is 14.8. The molecule has 74 heavy (non-hydrogen) atoms. The van der Waals surface area contributed by atoms with Crippen LogP contribution in [0.25, 0.3) is 0 Å². The second-order valence-electron chi connectivity index (χ2n) is 21.8. The number of carbonyl (C=O) groups is 6. The Morgan fingerprint density at radius 1 is 0.446 bits per heavy atom. The fraction of sp³-hybridized carbons (Fsp3) is 0.516. The number of aryl methyl sites for hydroxylation is 2. The van der Waals surface area contributed by atoms with Crippen LogP contribution in [0.3, 0.4) is 0 Å². The third kappa shape index (κ3) is 12.6. The van der Waals surface area contributed by atoms with E-state index in [4.69, 9.17) is 0 Å². The smallest absolute Gasteiger partial charge is 0.324 e. The molecule has 12 nitrogen and oxygen atoms in total. The lowest BCUT2D eigenvalue weighted by atomic mass is 9.85. The van der Waals surface area contributed by atoms with Gasteiger partial charge < -0.3 is 10.6 Å². The Morgan fingerprint density at radius 3 is 1.01 bits per heavy atom. The fourth-order valence-electron chi connectivity index (χ4n) is 10.8. The summed E-state index contributed by atoms with van der Waals surface area (Å²) in [6.07, 6.45) is 7.23. The average Bonchev–Trinajstić information content (AvgIpc) is 3.67. The molecular weight excluding hydrogens is 925 g/mol. The lowest BCUT2D eigenvalue weighted by Gasteiger charge is -2.35. The van der Waals surface area contributed by atoms with Gasteiger partial charge in [-0.05, 0) is 110 Å². The summed E-state index contributed by atoms with van der Waals surface area (Å²) in [7, 11) is 0. The molecule has 0 aliphatic carbocycles. The summed E-state index contributed by atoms with van der Waals surface area (Å²) in [5, 5.41) is 6.14. The maximum absolute atomic E-state index is 14.1. The van der Waals surface area contributed by atoms with Crippen molar-refractivity contribution >= 4 is 58.4 Å². The molecule has 2 aliphatic heterocycles. The Bertz CT molecular complexity index is 2530. The molecule has 2 N–H and O–H groups in total. The van der Waals surface area contributed by atoms with Crippen molar-refractivity contribution in [2.24, 2.45) is 0 Å². The predicted molar refractivity (Wildman–Crippen MR) is 302 cm³/mol. The van der Waals surface area contributed by atoms with Gasteiger partial charge in [0.2, 0.25) is 11.8 Å². The molecule has 0 unspecified atom stereocenters. The Balaban J connectivity index is 0.000000274. The number of hydrogen-bond donors (Lipinski definition) is 2. The third-order valence-electron chi connectivity index (χ3n) is 14.7. The molecule has 4 aromatic rings. The van der Waals surface area contributed by atoms with E-state index in [1.807, 2.05) is 113 Å². The summed E-state index contributed by atoms with van der Waals surface area (Å²) in [5.74, 6) is -0.402. The minimum Gasteiger partial charge on any atom is -0.324 e. The molecule has 4 aromatic carbocycles. The van der Waals surface area contributed by atoms with Crippen molar-refractivity contribution in [3.63, 3.8) is 0 Å². The molecule has 2 saturated heterocycles. The quantitative estimate of drug-likeness (QED) is 0.0752. The number of nitrogens with one attached hydrogen (secondary N) is 2. The Morgan fingerprint density at radius 2 is 0.743 bits per heavy atom. The van der Waals surface area contributed by atoms with Gasteiger partial charge >= 0.3 is 12.1 Å². The zero-order valence-electron chi connectivity index (χ0n) is 47.1. The first-order chi connectivity index (χ1) is 35.1. The monoisotopic (exact) mass is 1010 g/mol. The molecule has 8 amide bonds. The molecule has 2 aliphatic rings. The van der Waals surface area contributed by atoms with Crippen LogP contribution in [-0.2, 0) is 19.2 Å². The van der Waals surface area contributed by atoms with Gasteiger partial charge in [0, 0.05) is 22.7 Å². The van der Waals surface area contributed by atoms with E-state index in [0.29, 0.717) is 37.1 Å². The van der Waals surface area contributed by atoms with Crippen molar-refractivity contribution < 1.29 is 28.8 Å². The van der Waals surface area contributed by atoms with Gasteiger partial charge in [0.05, 0.1) is 0 Å². The van der Waals surface area contributed by atoms with Gasteiger partial charge in [-0.2, -0.15) is 0 Å². The SMILES string of the molecule is CCCC1(CCC)C(=O)N(CC(=O)Nc2c(C(C)C)cccc2C(C)C)C(=O)N1c1ccc(C)cc1.CCCCC1(CCCC)C(=O)N(CC(=O)Nc2c(C(C)C)cccc2C(C)C)C(=O)N1c1ccc(C)cc1. The number of para-hydroxylation sites is 2. The van der Waals surface area contributed by atoms with Crippen molar-refractivity contribution in [2.75, 3.05) is 33.5 Å². The first-order valence-corrected chi connectivity index (χ1v) is 27.4. The van der Waals surface area contributed by atoms with Gasteiger partial charge in [-0.15, -0.1) is 0 Å². The number of anilines is 4. The number of urea groups is 2. The first kappa shape index (κ1) is 58.6. The Labute approximate surface area is 443 Å². The highest BCUT2D eigenvalue weighted by Gasteiger charge is 2.58. The van der Waals surface area contributed by atoms with Crippen molar-refractivity contribution in [1.82, 2.24) is 9.80 Å². The molecule has 0 aromatic heterocycles. The van der Waals surface area contributed by atoms with E-state index in [1.54, 1.807) is 9.80 Å². The largest absolute Gasteiger partial charge is 0.332 e.